The molecule has 10 N–H and O–H groups in total. The van der Waals surface area contributed by atoms with Crippen molar-refractivity contribution in [3.05, 3.63) is 196 Å². The van der Waals surface area contributed by atoms with Gasteiger partial charge in [-0.2, -0.15) is 20.4 Å². The number of aryl methyl sites for hydroxylation is 8. The van der Waals surface area contributed by atoms with E-state index in [0.717, 1.165) is 98.1 Å². The van der Waals surface area contributed by atoms with E-state index in [9.17, 15) is 59.9 Å². The van der Waals surface area contributed by atoms with Crippen LogP contribution in [0.25, 0.3) is 0 Å². The van der Waals surface area contributed by atoms with Gasteiger partial charge in [0, 0.05) is 130 Å². The smallest absolute Gasteiger partial charge is 0.273 e. The number of nitrogen functional groups attached to an aromatic ring is 1. The summed E-state index contributed by atoms with van der Waals surface area (Å²) in [5, 5.41) is 78.5. The van der Waals surface area contributed by atoms with Crippen LogP contribution in [0.15, 0.2) is 133 Å². The minimum Gasteiger partial charge on any atom is -0.490 e. The van der Waals surface area contributed by atoms with Crippen molar-refractivity contribution in [3.63, 3.8) is 0 Å². The van der Waals surface area contributed by atoms with Crippen molar-refractivity contribution in [1.82, 2.24) is 137 Å². The van der Waals surface area contributed by atoms with Crippen LogP contribution in [0.2, 0.25) is 0 Å². The number of carbonyl (C=O) groups excluding carboxylic acids is 7. The number of ether oxygens (including phenoxy) is 3. The normalized spacial score (nSPS) is 13.9. The van der Waals surface area contributed by atoms with Gasteiger partial charge in [0.2, 0.25) is 17.7 Å². The Morgan fingerprint density at radius 1 is 0.380 bits per heavy atom. The molecule has 3 aliphatic carbocycles. The van der Waals surface area contributed by atoms with Crippen LogP contribution in [0.5, 0.6) is 17.2 Å². The molecule has 11 aromatic rings. The summed E-state index contributed by atoms with van der Waals surface area (Å²) in [5.74, 6) is -7.76. The standard InChI is InChI=1S/2C23H26F2N8O3.C12H15BrN6O.C12H17N7O.C11H12F2N2O2/c2*1-26-22(35)19-14-33(32-30-19)9-3-2-4-15-5-6-20(31-29-15)28-21(34)11-16-10-17(7-8-27-16)36-18-12-23(24,25)13-18;2*1-14-12(20)10-8-19(18-16-10)7-3-2-4-9-5-6-11(13)17-15-9;12-11(13)5-9(6-11)17-8-1-2-15-7(3-8)4-10(14)16/h2*5-8,10,14,18H,2-4,9,11-13H2,1H3,(H,26,35)(H,28,31,34);5-6,8H,2-4,7H2,1H3,(H,14,20);5-6,8H,2-4,7H2,1H3,(H2,13,17)(H,14,20);1-3,9H,4-6H2,(H2,14,16). The number of unbranched alkanes of at least 4 members (excludes halogenated alkanes) is 4. The zero-order valence-corrected chi connectivity index (χ0v) is 72.3. The second-order valence-corrected chi connectivity index (χ2v) is 30.6. The van der Waals surface area contributed by atoms with Crippen LogP contribution in [-0.2, 0) is 85.5 Å². The molecule has 0 atom stereocenters. The molecule has 3 fully saturated rings. The monoisotopic (exact) mass is 1860 g/mol. The first-order valence-corrected chi connectivity index (χ1v) is 41.8. The Kier molecular flexibility index (Phi) is 36.1. The molecule has 3 saturated carbocycles. The summed E-state index contributed by atoms with van der Waals surface area (Å²) in [5.41, 5.74) is 16.6. The van der Waals surface area contributed by atoms with Gasteiger partial charge in [0.15, 0.2) is 34.4 Å². The molecule has 0 spiro atoms. The number of alkyl halides is 6. The SMILES string of the molecule is CNC(=O)c1cn(CCCCc2ccc(Br)nn2)nn1.CNC(=O)c1cn(CCCCc2ccc(N)nn2)nn1.CNC(=O)c1cn(CCCCc2ccc(NC(=O)Cc3cc(OC4CC(F)(F)C4)ccn3)nn2)nn1.CNC(=O)c1cn(CCCCc2ccc(NC(=O)Cc3cc(OC4CC(F)(F)C4)ccn3)nn2)nn1.NC(=O)Cc1cc(OC2CC(F)(F)C2)ccn1. The Bertz CT molecular complexity index is 5150. The number of amides is 7. The van der Waals surface area contributed by atoms with Crippen LogP contribution in [0, 0.1) is 0 Å². The first-order valence-electron chi connectivity index (χ1n) is 41.0. The predicted octanol–water partition coefficient (Wildman–Crippen LogP) is 6.94. The Morgan fingerprint density at radius 2 is 0.674 bits per heavy atom. The van der Waals surface area contributed by atoms with Crippen LogP contribution in [-0.4, -0.2) is 221 Å². The fourth-order valence-corrected chi connectivity index (χ4v) is 12.6. The highest BCUT2D eigenvalue weighted by molar-refractivity contribution is 9.10. The van der Waals surface area contributed by atoms with Gasteiger partial charge in [0.25, 0.3) is 41.4 Å². The fourth-order valence-electron chi connectivity index (χ4n) is 12.4. The molecule has 0 aromatic carbocycles. The number of halogens is 7. The number of carbonyl (C=O) groups is 7. The molecular weight excluding hydrogens is 1760 g/mol. The van der Waals surface area contributed by atoms with E-state index in [1.807, 2.05) is 18.2 Å². The molecule has 14 rings (SSSR count). The van der Waals surface area contributed by atoms with E-state index in [4.69, 9.17) is 25.7 Å². The van der Waals surface area contributed by atoms with Gasteiger partial charge in [-0.05, 0) is 160 Å². The number of primary amides is 1. The van der Waals surface area contributed by atoms with Crippen molar-refractivity contribution < 1.29 is 74.1 Å². The summed E-state index contributed by atoms with van der Waals surface area (Å²) >= 11 is 3.25. The number of anilines is 3. The Morgan fingerprint density at radius 3 is 0.938 bits per heavy atom. The molecule has 0 radical (unpaired) electrons. The van der Waals surface area contributed by atoms with Gasteiger partial charge in [-0.3, -0.25) is 67.2 Å². The van der Waals surface area contributed by atoms with Crippen LogP contribution in [0.3, 0.4) is 0 Å². The van der Waals surface area contributed by atoms with E-state index in [2.05, 4.69) is 145 Å². The summed E-state index contributed by atoms with van der Waals surface area (Å²) in [4.78, 5) is 93.3. The molecule has 3 aliphatic rings. The first-order chi connectivity index (χ1) is 61.9. The van der Waals surface area contributed by atoms with E-state index in [1.54, 1.807) is 124 Å². The zero-order valence-electron chi connectivity index (χ0n) is 70.7. The molecule has 0 unspecified atom stereocenters. The quantitative estimate of drug-likeness (QED) is 0.0143. The summed E-state index contributed by atoms with van der Waals surface area (Å²) in [6, 6.07) is 23.8. The van der Waals surface area contributed by atoms with Crippen LogP contribution < -0.4 is 57.6 Å². The second kappa shape index (κ2) is 48.0. The maximum absolute atomic E-state index is 13.0. The maximum Gasteiger partial charge on any atom is 0.273 e. The average molecular weight is 1860 g/mol. The number of nitrogens with zero attached hydrogens (tertiary/aromatic N) is 23. The Labute approximate surface area is 742 Å². The highest BCUT2D eigenvalue weighted by atomic mass is 79.9. The summed E-state index contributed by atoms with van der Waals surface area (Å²) in [7, 11) is 6.21. The predicted molar refractivity (Wildman–Crippen MR) is 452 cm³/mol. The van der Waals surface area contributed by atoms with Crippen molar-refractivity contribution in [3.8, 4) is 17.2 Å². The number of rotatable bonds is 38. The van der Waals surface area contributed by atoms with Gasteiger partial charge < -0.3 is 57.6 Å². The molecule has 11 heterocycles. The number of hydrogen-bond donors (Lipinski definition) is 8. The Hall–Kier alpha value is -14.1. The van der Waals surface area contributed by atoms with E-state index in [0.29, 0.717) is 95.6 Å². The van der Waals surface area contributed by atoms with E-state index in [-0.39, 0.29) is 105 Å². The van der Waals surface area contributed by atoms with Crippen molar-refractivity contribution in [2.24, 2.45) is 5.73 Å². The number of pyridine rings is 3. The van der Waals surface area contributed by atoms with Gasteiger partial charge in [-0.1, -0.05) is 20.9 Å². The molecule has 0 bridgehead atoms. The highest BCUT2D eigenvalue weighted by Crippen LogP contribution is 2.42. The van der Waals surface area contributed by atoms with Gasteiger partial charge in [-0.25, -0.2) is 26.3 Å². The lowest BCUT2D eigenvalue weighted by Gasteiger charge is -2.34. The summed E-state index contributed by atoms with van der Waals surface area (Å²) < 4.78 is 101. The third-order valence-electron chi connectivity index (χ3n) is 19.1. The number of nitrogens with two attached hydrogens (primary N) is 2. The van der Waals surface area contributed by atoms with Gasteiger partial charge in [0.05, 0.1) is 83.9 Å². The van der Waals surface area contributed by atoms with Crippen molar-refractivity contribution in [1.29, 1.82) is 0 Å². The largest absolute Gasteiger partial charge is 0.490 e. The van der Waals surface area contributed by atoms with Crippen molar-refractivity contribution in [2.45, 2.75) is 197 Å². The van der Waals surface area contributed by atoms with Crippen LogP contribution >= 0.6 is 15.9 Å². The maximum atomic E-state index is 13.0. The average Bonchev–Trinajstić information content (AvgIpc) is 1.79. The summed E-state index contributed by atoms with van der Waals surface area (Å²) in [6.07, 6.45) is 17.8. The zero-order chi connectivity index (χ0) is 92.3. The number of nitrogens with one attached hydrogen (secondary N) is 6. The molecule has 129 heavy (non-hydrogen) atoms. The first kappa shape index (κ1) is 97.1. The Balaban J connectivity index is 0.000000174. The van der Waals surface area contributed by atoms with E-state index < -0.39 is 42.0 Å². The molecule has 48 heteroatoms. The minimum atomic E-state index is -2.66. The van der Waals surface area contributed by atoms with Gasteiger partial charge >= 0.3 is 0 Å². The molecule has 11 aromatic heterocycles. The van der Waals surface area contributed by atoms with Crippen LogP contribution in [0.4, 0.5) is 43.8 Å². The fraction of sp³-hybridized carbons (Fsp3) is 0.432. The molecule has 0 saturated heterocycles. The number of hydrogen-bond acceptors (Lipinski definition) is 30. The van der Waals surface area contributed by atoms with E-state index in [1.165, 1.54) is 32.7 Å². The lowest BCUT2D eigenvalue weighted by atomic mass is 9.91. The molecule has 684 valence electrons. The third kappa shape index (κ3) is 33.6. The third-order valence-corrected chi connectivity index (χ3v) is 19.6. The topological polar surface area (TPSA) is 536 Å². The van der Waals surface area contributed by atoms with E-state index >= 15 is 0 Å². The molecule has 41 nitrogen and oxygen atoms in total. The van der Waals surface area contributed by atoms with Gasteiger partial charge in [0.1, 0.15) is 46.0 Å². The minimum absolute atomic E-state index is 0.0119. The second-order valence-electron chi connectivity index (χ2n) is 29.8. The lowest BCUT2D eigenvalue weighted by molar-refractivity contribution is -0.135. The van der Waals surface area contributed by atoms with Crippen molar-refractivity contribution in [2.75, 3.05) is 44.6 Å². The molecular formula is C81H96BrF6N31O10. The van der Waals surface area contributed by atoms with Gasteiger partial charge in [-0.15, -0.1) is 40.8 Å². The highest BCUT2D eigenvalue weighted by Gasteiger charge is 2.49. The lowest BCUT2D eigenvalue weighted by Crippen LogP contribution is -2.43. The van der Waals surface area contributed by atoms with Crippen molar-refractivity contribution >= 4 is 74.7 Å². The molecule has 0 aliphatic heterocycles. The molecule has 7 amide bonds. The number of aromatic nitrogens is 23. The summed E-state index contributed by atoms with van der Waals surface area (Å²) in [6.45, 7) is 2.69. The van der Waals surface area contributed by atoms with Crippen LogP contribution in [0.1, 0.15) is 172 Å².